The lowest BCUT2D eigenvalue weighted by Crippen LogP contribution is -2.16. The Morgan fingerprint density at radius 2 is 1.93 bits per heavy atom. The maximum Gasteiger partial charge on any atom is 0.416 e. The van der Waals surface area contributed by atoms with E-state index in [1.807, 2.05) is 5.92 Å². The van der Waals surface area contributed by atoms with E-state index in [2.05, 4.69) is 0 Å². The Balaban J connectivity index is 3.35. The monoisotopic (exact) mass is 217 g/mol. The van der Waals surface area contributed by atoms with Crippen molar-refractivity contribution in [1.82, 2.24) is 0 Å². The van der Waals surface area contributed by atoms with E-state index in [0.29, 0.717) is 12.1 Å². The lowest BCUT2D eigenvalue weighted by Gasteiger charge is -2.14. The van der Waals surface area contributed by atoms with E-state index in [4.69, 9.17) is 12.2 Å². The van der Waals surface area contributed by atoms with Crippen LogP contribution in [0.5, 0.6) is 0 Å². The molecule has 1 nitrogen and oxygen atoms in total. The summed E-state index contributed by atoms with van der Waals surface area (Å²) in [6, 6.07) is 0.780. The highest BCUT2D eigenvalue weighted by Crippen LogP contribution is 2.34. The zero-order valence-corrected chi connectivity index (χ0v) is 7.48. The summed E-state index contributed by atoms with van der Waals surface area (Å²) < 4.78 is 50.0. The SMILES string of the molecule is C#CC(N)c1cc(F)ccc1C(F)(F)F. The van der Waals surface area contributed by atoms with Gasteiger partial charge in [-0.3, -0.25) is 0 Å². The minimum absolute atomic E-state index is 0.426. The largest absolute Gasteiger partial charge is 0.416 e. The topological polar surface area (TPSA) is 26.0 Å². The normalized spacial score (nSPS) is 13.3. The second kappa shape index (κ2) is 3.91. The third kappa shape index (κ3) is 2.48. The van der Waals surface area contributed by atoms with Gasteiger partial charge in [0, 0.05) is 0 Å². The van der Waals surface area contributed by atoms with Crippen LogP contribution in [-0.2, 0) is 6.18 Å². The molecule has 1 unspecified atom stereocenters. The van der Waals surface area contributed by atoms with Gasteiger partial charge in [-0.05, 0) is 23.8 Å². The average molecular weight is 217 g/mol. The Morgan fingerprint density at radius 3 is 2.40 bits per heavy atom. The fourth-order valence-corrected chi connectivity index (χ4v) is 1.14. The number of nitrogens with two attached hydrogens (primary N) is 1. The molecule has 1 aromatic carbocycles. The molecule has 1 aromatic rings. The number of alkyl halides is 3. The highest BCUT2D eigenvalue weighted by molar-refractivity contribution is 5.36. The Morgan fingerprint density at radius 1 is 1.33 bits per heavy atom. The van der Waals surface area contributed by atoms with Gasteiger partial charge >= 0.3 is 6.18 Å². The molecule has 2 N–H and O–H groups in total. The van der Waals surface area contributed by atoms with Gasteiger partial charge in [0.1, 0.15) is 5.82 Å². The van der Waals surface area contributed by atoms with Gasteiger partial charge in [-0.1, -0.05) is 5.92 Å². The molecule has 0 aliphatic rings. The number of benzene rings is 1. The van der Waals surface area contributed by atoms with E-state index in [0.717, 1.165) is 6.07 Å². The van der Waals surface area contributed by atoms with Gasteiger partial charge in [-0.15, -0.1) is 6.42 Å². The Labute approximate surface area is 83.9 Å². The molecule has 80 valence electrons. The van der Waals surface area contributed by atoms with Crippen molar-refractivity contribution < 1.29 is 17.6 Å². The third-order valence-electron chi connectivity index (χ3n) is 1.83. The van der Waals surface area contributed by atoms with Crippen molar-refractivity contribution in [2.45, 2.75) is 12.2 Å². The highest BCUT2D eigenvalue weighted by atomic mass is 19.4. The molecular weight excluding hydrogens is 210 g/mol. The second-order valence-corrected chi connectivity index (χ2v) is 2.87. The van der Waals surface area contributed by atoms with Crippen molar-refractivity contribution in [3.8, 4) is 12.3 Å². The molecule has 0 aliphatic carbocycles. The molecule has 0 radical (unpaired) electrons. The first-order valence-corrected chi connectivity index (χ1v) is 3.94. The zero-order valence-electron chi connectivity index (χ0n) is 7.48. The smallest absolute Gasteiger partial charge is 0.314 e. The molecule has 0 heterocycles. The first-order chi connectivity index (χ1) is 6.86. The predicted octanol–water partition coefficient (Wildman–Crippen LogP) is 2.48. The number of hydrogen-bond donors (Lipinski definition) is 1. The Kier molecular flexibility index (Phi) is 3.01. The predicted molar refractivity (Wildman–Crippen MR) is 47.2 cm³/mol. The average Bonchev–Trinajstić information content (AvgIpc) is 2.14. The number of rotatable bonds is 1. The number of terminal acetylenes is 1. The van der Waals surface area contributed by atoms with Gasteiger partial charge in [0.05, 0.1) is 11.6 Å². The summed E-state index contributed by atoms with van der Waals surface area (Å²) in [6.07, 6.45) is 0.316. The first kappa shape index (κ1) is 11.5. The van der Waals surface area contributed by atoms with Gasteiger partial charge in [0.25, 0.3) is 0 Å². The van der Waals surface area contributed by atoms with E-state index in [-0.39, 0.29) is 0 Å². The van der Waals surface area contributed by atoms with Crippen molar-refractivity contribution in [2.24, 2.45) is 5.73 Å². The highest BCUT2D eigenvalue weighted by Gasteiger charge is 2.34. The van der Waals surface area contributed by atoms with Gasteiger partial charge in [-0.2, -0.15) is 13.2 Å². The fraction of sp³-hybridized carbons (Fsp3) is 0.200. The lowest BCUT2D eigenvalue weighted by molar-refractivity contribution is -0.138. The quantitative estimate of drug-likeness (QED) is 0.567. The molecule has 15 heavy (non-hydrogen) atoms. The summed E-state index contributed by atoms with van der Waals surface area (Å²) in [5.41, 5.74) is 3.83. The van der Waals surface area contributed by atoms with Gasteiger partial charge in [0.2, 0.25) is 0 Å². The molecule has 5 heteroatoms. The molecule has 0 saturated heterocycles. The molecule has 0 saturated carbocycles. The standard InChI is InChI=1S/C10H7F4N/c1-2-9(15)7-5-6(11)3-4-8(7)10(12,13)14/h1,3-5,9H,15H2. The Hall–Kier alpha value is -1.54. The third-order valence-corrected chi connectivity index (χ3v) is 1.83. The zero-order chi connectivity index (χ0) is 11.6. The van der Waals surface area contributed by atoms with Crippen molar-refractivity contribution >= 4 is 0 Å². The molecule has 1 rings (SSSR count). The molecule has 1 atom stereocenters. The first-order valence-electron chi connectivity index (χ1n) is 3.94. The second-order valence-electron chi connectivity index (χ2n) is 2.87. The Bertz CT molecular complexity index is 403. The van der Waals surface area contributed by atoms with Crippen molar-refractivity contribution in [3.63, 3.8) is 0 Å². The van der Waals surface area contributed by atoms with Crippen molar-refractivity contribution in [2.75, 3.05) is 0 Å². The summed E-state index contributed by atoms with van der Waals surface area (Å²) >= 11 is 0. The van der Waals surface area contributed by atoms with Gasteiger partial charge in [-0.25, -0.2) is 4.39 Å². The molecule has 0 aromatic heterocycles. The van der Waals surface area contributed by atoms with Crippen LogP contribution in [0.25, 0.3) is 0 Å². The van der Waals surface area contributed by atoms with Gasteiger partial charge in [0.15, 0.2) is 0 Å². The number of halogens is 4. The summed E-state index contributed by atoms with van der Waals surface area (Å²) in [5.74, 6) is 1.13. The van der Waals surface area contributed by atoms with Crippen LogP contribution in [0.1, 0.15) is 17.2 Å². The van der Waals surface area contributed by atoms with Crippen molar-refractivity contribution in [3.05, 3.63) is 35.1 Å². The maximum atomic E-state index is 12.7. The molecule has 0 spiro atoms. The fourth-order valence-electron chi connectivity index (χ4n) is 1.14. The maximum absolute atomic E-state index is 12.7. The van der Waals surface area contributed by atoms with Crippen LogP contribution in [0, 0.1) is 18.2 Å². The summed E-state index contributed by atoms with van der Waals surface area (Å²) in [4.78, 5) is 0. The van der Waals surface area contributed by atoms with Crippen LogP contribution in [0.2, 0.25) is 0 Å². The van der Waals surface area contributed by atoms with Crippen LogP contribution in [0.3, 0.4) is 0 Å². The number of hydrogen-bond acceptors (Lipinski definition) is 1. The van der Waals surface area contributed by atoms with E-state index in [1.54, 1.807) is 0 Å². The van der Waals surface area contributed by atoms with Crippen molar-refractivity contribution in [1.29, 1.82) is 0 Å². The minimum Gasteiger partial charge on any atom is -0.314 e. The van der Waals surface area contributed by atoms with Crippen LogP contribution in [0.15, 0.2) is 18.2 Å². The van der Waals surface area contributed by atoms with Crippen LogP contribution in [0.4, 0.5) is 17.6 Å². The van der Waals surface area contributed by atoms with E-state index in [9.17, 15) is 17.6 Å². The molecular formula is C10H7F4N. The molecule has 0 amide bonds. The van der Waals surface area contributed by atoms with E-state index in [1.165, 1.54) is 0 Å². The van der Waals surface area contributed by atoms with Crippen LogP contribution in [-0.4, -0.2) is 0 Å². The van der Waals surface area contributed by atoms with Gasteiger partial charge < -0.3 is 5.73 Å². The van der Waals surface area contributed by atoms with E-state index < -0.39 is 29.2 Å². The molecule has 0 aliphatic heterocycles. The van der Waals surface area contributed by atoms with E-state index >= 15 is 0 Å². The molecule has 0 fully saturated rings. The minimum atomic E-state index is -4.59. The molecule has 0 bridgehead atoms. The van der Waals surface area contributed by atoms with Crippen LogP contribution >= 0.6 is 0 Å². The lowest BCUT2D eigenvalue weighted by atomic mass is 10.0. The summed E-state index contributed by atoms with van der Waals surface area (Å²) in [6.45, 7) is 0. The van der Waals surface area contributed by atoms with Crippen LogP contribution < -0.4 is 5.73 Å². The summed E-state index contributed by atoms with van der Waals surface area (Å²) in [5, 5.41) is 0. The summed E-state index contributed by atoms with van der Waals surface area (Å²) in [7, 11) is 0.